The summed E-state index contributed by atoms with van der Waals surface area (Å²) in [7, 11) is 0. The topological polar surface area (TPSA) is 42.2 Å². The van der Waals surface area contributed by atoms with Crippen molar-refractivity contribution in [2.75, 3.05) is 18.0 Å². The van der Waals surface area contributed by atoms with Gasteiger partial charge in [0.25, 0.3) is 0 Å². The van der Waals surface area contributed by atoms with E-state index < -0.39 is 0 Å². The van der Waals surface area contributed by atoms with E-state index >= 15 is 0 Å². The van der Waals surface area contributed by atoms with Crippen molar-refractivity contribution in [3.05, 3.63) is 45.4 Å². The third-order valence-electron chi connectivity index (χ3n) is 4.07. The van der Waals surface area contributed by atoms with Gasteiger partial charge in [-0.05, 0) is 38.4 Å². The predicted octanol–water partition coefficient (Wildman–Crippen LogP) is 3.21. The van der Waals surface area contributed by atoms with E-state index in [2.05, 4.69) is 48.0 Å². The Bertz CT molecular complexity index is 586. The van der Waals surface area contributed by atoms with Crippen LogP contribution in [0, 0.1) is 13.8 Å². The van der Waals surface area contributed by atoms with Gasteiger partial charge in [-0.1, -0.05) is 18.2 Å². The molecule has 2 N–H and O–H groups in total. The van der Waals surface area contributed by atoms with Crippen molar-refractivity contribution in [1.29, 1.82) is 0 Å². The number of hydrogen-bond donors (Lipinski definition) is 1. The van der Waals surface area contributed by atoms with Crippen LogP contribution in [0.5, 0.6) is 0 Å². The maximum Gasteiger partial charge on any atom is 0.112 e. The Hall–Kier alpha value is -1.39. The summed E-state index contributed by atoms with van der Waals surface area (Å²) >= 11 is 1.81. The van der Waals surface area contributed by atoms with Gasteiger partial charge in [0.15, 0.2) is 0 Å². The number of anilines is 1. The minimum Gasteiger partial charge on any atom is -0.364 e. The number of nitrogens with two attached hydrogens (primary N) is 1. The number of thiazole rings is 1. The van der Waals surface area contributed by atoms with E-state index in [-0.39, 0.29) is 0 Å². The van der Waals surface area contributed by atoms with Crippen molar-refractivity contribution in [2.24, 2.45) is 5.73 Å². The molecule has 0 bridgehead atoms. The SMILES string of the molecule is Cc1nc(CN2CC(CCN)c3ccccc32)sc1C. The smallest absolute Gasteiger partial charge is 0.112 e. The number of benzene rings is 1. The Labute approximate surface area is 124 Å². The molecule has 1 atom stereocenters. The van der Waals surface area contributed by atoms with Gasteiger partial charge in [-0.25, -0.2) is 4.98 Å². The molecule has 1 aliphatic rings. The molecule has 0 fully saturated rings. The number of nitrogens with zero attached hydrogens (tertiary/aromatic N) is 2. The Kier molecular flexibility index (Phi) is 3.76. The molecule has 1 unspecified atom stereocenters. The van der Waals surface area contributed by atoms with E-state index in [1.54, 1.807) is 0 Å². The monoisotopic (exact) mass is 287 g/mol. The molecular weight excluding hydrogens is 266 g/mol. The van der Waals surface area contributed by atoms with Gasteiger partial charge < -0.3 is 10.6 Å². The lowest BCUT2D eigenvalue weighted by Crippen LogP contribution is -2.22. The molecule has 106 valence electrons. The highest BCUT2D eigenvalue weighted by atomic mass is 32.1. The fraction of sp³-hybridized carbons (Fsp3) is 0.438. The Morgan fingerprint density at radius 3 is 2.85 bits per heavy atom. The van der Waals surface area contributed by atoms with Gasteiger partial charge in [-0.2, -0.15) is 0 Å². The maximum absolute atomic E-state index is 5.76. The zero-order valence-corrected chi connectivity index (χ0v) is 12.9. The Morgan fingerprint density at radius 2 is 2.15 bits per heavy atom. The van der Waals surface area contributed by atoms with Crippen molar-refractivity contribution in [3.63, 3.8) is 0 Å². The van der Waals surface area contributed by atoms with Crippen LogP contribution in [0.1, 0.15) is 33.5 Å². The lowest BCUT2D eigenvalue weighted by atomic mass is 9.98. The third kappa shape index (κ3) is 2.45. The molecule has 0 saturated heterocycles. The van der Waals surface area contributed by atoms with Crippen LogP contribution in [0.3, 0.4) is 0 Å². The average molecular weight is 287 g/mol. The first-order valence-corrected chi connectivity index (χ1v) is 7.97. The highest BCUT2D eigenvalue weighted by Gasteiger charge is 2.28. The van der Waals surface area contributed by atoms with Crippen LogP contribution in [0.15, 0.2) is 24.3 Å². The first kappa shape index (κ1) is 13.6. The van der Waals surface area contributed by atoms with Gasteiger partial charge in [0.2, 0.25) is 0 Å². The van der Waals surface area contributed by atoms with E-state index in [4.69, 9.17) is 5.73 Å². The second-order valence-corrected chi connectivity index (χ2v) is 6.75. The second kappa shape index (κ2) is 5.54. The van der Waals surface area contributed by atoms with Gasteiger partial charge >= 0.3 is 0 Å². The molecule has 2 aromatic rings. The first-order chi connectivity index (χ1) is 9.69. The van der Waals surface area contributed by atoms with Crippen molar-refractivity contribution >= 4 is 17.0 Å². The molecule has 2 heterocycles. The summed E-state index contributed by atoms with van der Waals surface area (Å²) in [6.45, 7) is 6.96. The molecule has 3 nitrogen and oxygen atoms in total. The second-order valence-electron chi connectivity index (χ2n) is 5.46. The van der Waals surface area contributed by atoms with E-state index in [1.165, 1.54) is 21.1 Å². The van der Waals surface area contributed by atoms with Crippen LogP contribution in [0.2, 0.25) is 0 Å². The zero-order chi connectivity index (χ0) is 14.1. The van der Waals surface area contributed by atoms with Crippen molar-refractivity contribution in [1.82, 2.24) is 4.98 Å². The summed E-state index contributed by atoms with van der Waals surface area (Å²) in [5, 5.41) is 1.21. The lowest BCUT2D eigenvalue weighted by molar-refractivity contribution is 0.643. The normalized spacial score (nSPS) is 17.6. The summed E-state index contributed by atoms with van der Waals surface area (Å²) in [5.41, 5.74) is 9.73. The van der Waals surface area contributed by atoms with E-state index in [0.717, 1.165) is 31.7 Å². The van der Waals surface area contributed by atoms with Crippen molar-refractivity contribution < 1.29 is 0 Å². The number of rotatable bonds is 4. The van der Waals surface area contributed by atoms with Gasteiger partial charge in [-0.3, -0.25) is 0 Å². The van der Waals surface area contributed by atoms with Gasteiger partial charge in [0.05, 0.1) is 12.2 Å². The van der Waals surface area contributed by atoms with Crippen LogP contribution in [-0.2, 0) is 6.54 Å². The summed E-state index contributed by atoms with van der Waals surface area (Å²) < 4.78 is 0. The van der Waals surface area contributed by atoms with Crippen LogP contribution in [-0.4, -0.2) is 18.1 Å². The largest absolute Gasteiger partial charge is 0.364 e. The number of hydrogen-bond acceptors (Lipinski definition) is 4. The molecular formula is C16H21N3S. The molecule has 0 saturated carbocycles. The zero-order valence-electron chi connectivity index (χ0n) is 12.1. The molecule has 1 aromatic heterocycles. The van der Waals surface area contributed by atoms with Crippen LogP contribution in [0.4, 0.5) is 5.69 Å². The third-order valence-corrected chi connectivity index (χ3v) is 5.13. The van der Waals surface area contributed by atoms with Crippen molar-refractivity contribution in [2.45, 2.75) is 32.7 Å². The summed E-state index contributed by atoms with van der Waals surface area (Å²) in [4.78, 5) is 8.45. The highest BCUT2D eigenvalue weighted by molar-refractivity contribution is 7.11. The highest BCUT2D eigenvalue weighted by Crippen LogP contribution is 2.38. The van der Waals surface area contributed by atoms with E-state index in [1.807, 2.05) is 11.3 Å². The fourth-order valence-electron chi connectivity index (χ4n) is 2.95. The standard InChI is InChI=1S/C16H21N3S/c1-11-12(2)20-16(18-11)10-19-9-13(7-8-17)14-5-3-4-6-15(14)19/h3-6,13H,7-10,17H2,1-2H3. The van der Waals surface area contributed by atoms with Crippen LogP contribution < -0.4 is 10.6 Å². The number of aryl methyl sites for hydroxylation is 2. The first-order valence-electron chi connectivity index (χ1n) is 7.16. The quantitative estimate of drug-likeness (QED) is 0.939. The summed E-state index contributed by atoms with van der Waals surface area (Å²) in [6, 6.07) is 8.71. The number of fused-ring (bicyclic) bond motifs is 1. The van der Waals surface area contributed by atoms with Gasteiger partial charge in [0, 0.05) is 23.0 Å². The molecule has 0 aliphatic carbocycles. The average Bonchev–Trinajstić information content (AvgIpc) is 2.93. The molecule has 0 radical (unpaired) electrons. The number of aromatic nitrogens is 1. The minimum atomic E-state index is 0.568. The van der Waals surface area contributed by atoms with Crippen LogP contribution >= 0.6 is 11.3 Å². The van der Waals surface area contributed by atoms with Crippen molar-refractivity contribution in [3.8, 4) is 0 Å². The molecule has 0 spiro atoms. The summed E-state index contributed by atoms with van der Waals surface area (Å²) in [6.07, 6.45) is 1.06. The van der Waals surface area contributed by atoms with Gasteiger partial charge in [0.1, 0.15) is 5.01 Å². The maximum atomic E-state index is 5.76. The molecule has 20 heavy (non-hydrogen) atoms. The molecule has 0 amide bonds. The Balaban J connectivity index is 1.84. The molecule has 1 aliphatic heterocycles. The summed E-state index contributed by atoms with van der Waals surface area (Å²) in [5.74, 6) is 0.568. The fourth-order valence-corrected chi connectivity index (χ4v) is 3.90. The van der Waals surface area contributed by atoms with E-state index in [0.29, 0.717) is 5.92 Å². The molecule has 1 aromatic carbocycles. The van der Waals surface area contributed by atoms with Crippen LogP contribution in [0.25, 0.3) is 0 Å². The van der Waals surface area contributed by atoms with E-state index in [9.17, 15) is 0 Å². The number of para-hydroxylation sites is 1. The minimum absolute atomic E-state index is 0.568. The Morgan fingerprint density at radius 1 is 1.35 bits per heavy atom. The lowest BCUT2D eigenvalue weighted by Gasteiger charge is -2.18. The molecule has 3 rings (SSSR count). The predicted molar refractivity (Wildman–Crippen MR) is 85.5 cm³/mol. The molecule has 4 heteroatoms. The van der Waals surface area contributed by atoms with Gasteiger partial charge in [-0.15, -0.1) is 11.3 Å².